The van der Waals surface area contributed by atoms with Gasteiger partial charge in [0.05, 0.1) is 18.6 Å². The molecule has 1 saturated heterocycles. The van der Waals surface area contributed by atoms with Gasteiger partial charge in [-0.1, -0.05) is 18.4 Å². The quantitative estimate of drug-likeness (QED) is 0.462. The summed E-state index contributed by atoms with van der Waals surface area (Å²) in [6.07, 6.45) is 4.55. The predicted octanol–water partition coefficient (Wildman–Crippen LogP) is 3.32. The Bertz CT molecular complexity index is 918. The summed E-state index contributed by atoms with van der Waals surface area (Å²) in [4.78, 5) is 39.8. The molecule has 0 radical (unpaired) electrons. The summed E-state index contributed by atoms with van der Waals surface area (Å²) in [5.74, 6) is 0.964. The second-order valence-electron chi connectivity index (χ2n) is 12.9. The Morgan fingerprint density at radius 1 is 1.03 bits per heavy atom. The summed E-state index contributed by atoms with van der Waals surface area (Å²) in [5, 5.41) is 23.0. The van der Waals surface area contributed by atoms with Crippen molar-refractivity contribution in [1.29, 1.82) is 0 Å². The molecule has 214 valence electrons. The van der Waals surface area contributed by atoms with E-state index in [4.69, 9.17) is 9.47 Å². The van der Waals surface area contributed by atoms with Crippen molar-refractivity contribution in [1.82, 2.24) is 10.2 Å². The SMILES string of the molecule is CC1=C(CC(=O)N2CCC(C3CCCC(CNC(=O)OC(C)(C)C)C3)CC2)C(=O)OC2CC(O)C(O)CC12. The largest absolute Gasteiger partial charge is 0.458 e. The molecule has 6 atom stereocenters. The predicted molar refractivity (Wildman–Crippen MR) is 141 cm³/mol. The summed E-state index contributed by atoms with van der Waals surface area (Å²) < 4.78 is 10.9. The van der Waals surface area contributed by atoms with Crippen molar-refractivity contribution in [3.8, 4) is 0 Å². The first-order valence-corrected chi connectivity index (χ1v) is 14.4. The van der Waals surface area contributed by atoms with Crippen LogP contribution in [0.25, 0.3) is 0 Å². The van der Waals surface area contributed by atoms with Gasteiger partial charge in [-0.05, 0) is 77.6 Å². The number of esters is 1. The van der Waals surface area contributed by atoms with E-state index in [1.54, 1.807) is 0 Å². The number of fused-ring (bicyclic) bond motifs is 1. The van der Waals surface area contributed by atoms with Crippen LogP contribution in [-0.4, -0.2) is 76.6 Å². The van der Waals surface area contributed by atoms with Crippen molar-refractivity contribution < 1.29 is 34.1 Å². The number of likely N-dealkylation sites (tertiary alicyclic amines) is 1. The highest BCUT2D eigenvalue weighted by atomic mass is 16.6. The second-order valence-corrected chi connectivity index (χ2v) is 12.9. The Hall–Kier alpha value is -2.13. The lowest BCUT2D eigenvalue weighted by Crippen LogP contribution is -2.47. The Morgan fingerprint density at radius 2 is 1.71 bits per heavy atom. The summed E-state index contributed by atoms with van der Waals surface area (Å²) in [6, 6.07) is 0. The molecule has 3 fully saturated rings. The van der Waals surface area contributed by atoms with E-state index in [1.165, 1.54) is 6.42 Å². The zero-order valence-corrected chi connectivity index (χ0v) is 23.4. The van der Waals surface area contributed by atoms with Crippen LogP contribution < -0.4 is 5.32 Å². The van der Waals surface area contributed by atoms with E-state index >= 15 is 0 Å². The van der Waals surface area contributed by atoms with Crippen molar-refractivity contribution in [3.63, 3.8) is 0 Å². The lowest BCUT2D eigenvalue weighted by Gasteiger charge is -2.41. The molecule has 2 aliphatic carbocycles. The van der Waals surface area contributed by atoms with Crippen LogP contribution in [0.4, 0.5) is 4.79 Å². The van der Waals surface area contributed by atoms with Gasteiger partial charge in [-0.2, -0.15) is 0 Å². The highest BCUT2D eigenvalue weighted by molar-refractivity contribution is 5.96. The average Bonchev–Trinajstić information content (AvgIpc) is 2.86. The van der Waals surface area contributed by atoms with Gasteiger partial charge >= 0.3 is 12.1 Å². The summed E-state index contributed by atoms with van der Waals surface area (Å²) in [5.41, 5.74) is 0.727. The number of rotatable bonds is 5. The number of carbonyl (C=O) groups excluding carboxylic acids is 3. The number of hydrogen-bond acceptors (Lipinski definition) is 7. The van der Waals surface area contributed by atoms with Gasteiger partial charge in [0.15, 0.2) is 0 Å². The fourth-order valence-electron chi connectivity index (χ4n) is 6.89. The van der Waals surface area contributed by atoms with Crippen LogP contribution in [-0.2, 0) is 19.1 Å². The smallest absolute Gasteiger partial charge is 0.407 e. The van der Waals surface area contributed by atoms with Gasteiger partial charge in [0.25, 0.3) is 0 Å². The third kappa shape index (κ3) is 7.08. The Labute approximate surface area is 226 Å². The van der Waals surface area contributed by atoms with Gasteiger partial charge in [-0.15, -0.1) is 0 Å². The Balaban J connectivity index is 1.25. The first kappa shape index (κ1) is 28.9. The van der Waals surface area contributed by atoms with Gasteiger partial charge in [0.1, 0.15) is 11.7 Å². The van der Waals surface area contributed by atoms with Crippen molar-refractivity contribution in [2.45, 2.75) is 109 Å². The van der Waals surface area contributed by atoms with Crippen LogP contribution in [0.15, 0.2) is 11.1 Å². The third-order valence-corrected chi connectivity index (χ3v) is 9.04. The Morgan fingerprint density at radius 3 is 2.39 bits per heavy atom. The molecule has 9 heteroatoms. The monoisotopic (exact) mass is 534 g/mol. The van der Waals surface area contributed by atoms with Crippen LogP contribution in [0.1, 0.15) is 85.5 Å². The summed E-state index contributed by atoms with van der Waals surface area (Å²) in [7, 11) is 0. The molecule has 38 heavy (non-hydrogen) atoms. The van der Waals surface area contributed by atoms with Crippen molar-refractivity contribution in [2.75, 3.05) is 19.6 Å². The molecule has 6 unspecified atom stereocenters. The van der Waals surface area contributed by atoms with Crippen LogP contribution in [0.5, 0.6) is 0 Å². The van der Waals surface area contributed by atoms with E-state index in [0.29, 0.717) is 49.4 Å². The molecule has 0 aromatic carbocycles. The Kier molecular flexibility index (Phi) is 9.07. The number of nitrogens with one attached hydrogen (secondary N) is 1. The number of alkyl carbamates (subject to hydrolysis) is 1. The molecule has 9 nitrogen and oxygen atoms in total. The molecule has 4 aliphatic rings. The van der Waals surface area contributed by atoms with E-state index < -0.39 is 29.9 Å². The molecule has 0 aromatic rings. The van der Waals surface area contributed by atoms with Gasteiger partial charge in [-0.3, -0.25) is 4.79 Å². The number of amides is 2. The normalized spacial score (nSPS) is 32.9. The fourth-order valence-corrected chi connectivity index (χ4v) is 6.89. The molecular weight excluding hydrogens is 488 g/mol. The summed E-state index contributed by atoms with van der Waals surface area (Å²) in [6.45, 7) is 9.48. The number of piperidine rings is 1. The van der Waals surface area contributed by atoms with Crippen LogP contribution >= 0.6 is 0 Å². The maximum Gasteiger partial charge on any atom is 0.407 e. The highest BCUT2D eigenvalue weighted by Crippen LogP contribution is 2.40. The van der Waals surface area contributed by atoms with Crippen molar-refractivity contribution in [3.05, 3.63) is 11.1 Å². The lowest BCUT2D eigenvalue weighted by molar-refractivity contribution is -0.159. The van der Waals surface area contributed by atoms with Crippen LogP contribution in [0, 0.1) is 23.7 Å². The maximum atomic E-state index is 13.2. The second kappa shape index (κ2) is 11.9. The van der Waals surface area contributed by atoms with Crippen LogP contribution in [0.3, 0.4) is 0 Å². The van der Waals surface area contributed by atoms with E-state index in [-0.39, 0.29) is 30.8 Å². The molecule has 2 aliphatic heterocycles. The van der Waals surface area contributed by atoms with E-state index in [0.717, 1.165) is 37.7 Å². The number of hydrogen-bond donors (Lipinski definition) is 3. The van der Waals surface area contributed by atoms with Crippen LogP contribution in [0.2, 0.25) is 0 Å². The van der Waals surface area contributed by atoms with E-state index in [9.17, 15) is 24.6 Å². The zero-order valence-electron chi connectivity index (χ0n) is 23.4. The van der Waals surface area contributed by atoms with Gasteiger partial charge < -0.3 is 29.9 Å². The molecule has 2 heterocycles. The molecule has 3 N–H and O–H groups in total. The number of aliphatic hydroxyl groups excluding tert-OH is 2. The molecule has 0 spiro atoms. The van der Waals surface area contributed by atoms with E-state index in [1.807, 2.05) is 32.6 Å². The standard InChI is InChI=1S/C29H46N2O7/c1-17-21-13-23(32)24(33)15-25(21)37-27(35)22(17)14-26(34)31-10-8-19(9-11-31)20-7-5-6-18(12-20)16-30-28(36)38-29(2,3)4/h18-21,23-25,32-33H,5-16H2,1-4H3,(H,30,36). The fraction of sp³-hybridized carbons (Fsp3) is 0.828. The lowest BCUT2D eigenvalue weighted by atomic mass is 9.72. The van der Waals surface area contributed by atoms with E-state index in [2.05, 4.69) is 5.32 Å². The molecule has 2 amide bonds. The molecule has 0 bridgehead atoms. The number of carbonyl (C=O) groups is 3. The summed E-state index contributed by atoms with van der Waals surface area (Å²) >= 11 is 0. The minimum absolute atomic E-state index is 0.0268. The maximum absolute atomic E-state index is 13.2. The first-order valence-electron chi connectivity index (χ1n) is 14.4. The number of aliphatic hydroxyl groups is 2. The highest BCUT2D eigenvalue weighted by Gasteiger charge is 2.43. The van der Waals surface area contributed by atoms with Gasteiger partial charge in [0.2, 0.25) is 5.91 Å². The van der Waals surface area contributed by atoms with Gasteiger partial charge in [0, 0.05) is 37.5 Å². The molecular formula is C29H46N2O7. The van der Waals surface area contributed by atoms with Gasteiger partial charge in [-0.25, -0.2) is 9.59 Å². The topological polar surface area (TPSA) is 125 Å². The third-order valence-electron chi connectivity index (χ3n) is 9.04. The minimum Gasteiger partial charge on any atom is -0.458 e. The molecule has 2 saturated carbocycles. The average molecular weight is 535 g/mol. The van der Waals surface area contributed by atoms with Crippen molar-refractivity contribution >= 4 is 18.0 Å². The number of ether oxygens (including phenoxy) is 2. The first-order chi connectivity index (χ1) is 17.9. The zero-order chi connectivity index (χ0) is 27.6. The number of nitrogens with zero attached hydrogens (tertiary/aromatic N) is 1. The van der Waals surface area contributed by atoms with Crippen molar-refractivity contribution in [2.24, 2.45) is 23.7 Å². The molecule has 0 aromatic heterocycles. The molecule has 4 rings (SSSR count). The minimum atomic E-state index is -0.887.